The summed E-state index contributed by atoms with van der Waals surface area (Å²) in [4.78, 5) is -2.78. The van der Waals surface area contributed by atoms with E-state index < -0.39 is 37.3 Å². The van der Waals surface area contributed by atoms with Crippen molar-refractivity contribution in [3.8, 4) is 0 Å². The molecule has 5 atom stereocenters. The van der Waals surface area contributed by atoms with Crippen molar-refractivity contribution in [1.29, 1.82) is 0 Å². The molecule has 1 unspecified atom stereocenters. The Hall–Kier alpha value is 1.55. The van der Waals surface area contributed by atoms with Gasteiger partial charge in [0.05, 0.1) is 23.3 Å². The van der Waals surface area contributed by atoms with E-state index in [-0.39, 0.29) is 23.3 Å². The maximum absolute atomic E-state index is 11.3. The van der Waals surface area contributed by atoms with E-state index in [0.717, 1.165) is 0 Å². The second-order valence-corrected chi connectivity index (χ2v) is 8.77. The predicted octanol–water partition coefficient (Wildman–Crippen LogP) is 3.69. The second kappa shape index (κ2) is 4.53. The third-order valence-electron chi connectivity index (χ3n) is 3.94. The van der Waals surface area contributed by atoms with Crippen LogP contribution in [0.3, 0.4) is 0 Å². The normalized spacial score (nSPS) is 52.2. The van der Waals surface area contributed by atoms with E-state index in [0.29, 0.717) is 0 Å². The Kier molecular flexibility index (Phi) is 3.68. The molecule has 3 aliphatic rings. The van der Waals surface area contributed by atoms with Crippen molar-refractivity contribution in [2.24, 2.45) is 11.8 Å². The topological polar surface area (TPSA) is 35.5 Å². The first-order chi connectivity index (χ1) is 8.69. The molecule has 0 spiro atoms. The Labute approximate surface area is 142 Å². The highest BCUT2D eigenvalue weighted by molar-refractivity contribution is 7.75. The van der Waals surface area contributed by atoms with E-state index in [4.69, 9.17) is 78.0 Å². The highest BCUT2D eigenvalue weighted by atomic mass is 35.5. The van der Waals surface area contributed by atoms with Crippen molar-refractivity contribution in [1.82, 2.24) is 0 Å². The van der Waals surface area contributed by atoms with Gasteiger partial charge in [-0.15, -0.1) is 23.2 Å². The van der Waals surface area contributed by atoms with Gasteiger partial charge in [-0.3, -0.25) is 8.37 Å². The van der Waals surface area contributed by atoms with E-state index in [9.17, 15) is 4.21 Å². The summed E-state index contributed by atoms with van der Waals surface area (Å²) in [6.07, 6.45) is 0. The Morgan fingerprint density at radius 2 is 1.32 bits per heavy atom. The number of halogens is 6. The van der Waals surface area contributed by atoms with E-state index in [1.165, 1.54) is 0 Å². The zero-order valence-electron chi connectivity index (χ0n) is 8.97. The summed E-state index contributed by atoms with van der Waals surface area (Å²) in [6.45, 7) is 0.0215. The first-order valence-electron chi connectivity index (χ1n) is 5.19. The molecule has 1 saturated heterocycles. The number of rotatable bonds is 0. The third-order valence-corrected chi connectivity index (χ3v) is 8.95. The molecule has 1 aliphatic heterocycles. The number of hydrogen-bond acceptors (Lipinski definition) is 3. The molecule has 1 heterocycles. The Morgan fingerprint density at radius 1 is 0.947 bits per heavy atom. The lowest BCUT2D eigenvalue weighted by molar-refractivity contribution is 0.207. The summed E-state index contributed by atoms with van der Waals surface area (Å²) in [5.74, 6) is -0.911. The van der Waals surface area contributed by atoms with Crippen LogP contribution < -0.4 is 0 Å². The van der Waals surface area contributed by atoms with Crippen LogP contribution in [0.5, 0.6) is 0 Å². The molecule has 10 heteroatoms. The average molecular weight is 407 g/mol. The van der Waals surface area contributed by atoms with Crippen LogP contribution in [0, 0.1) is 11.8 Å². The van der Waals surface area contributed by atoms with Gasteiger partial charge in [0.25, 0.3) is 0 Å². The fourth-order valence-electron chi connectivity index (χ4n) is 2.96. The van der Waals surface area contributed by atoms with Gasteiger partial charge in [-0.05, 0) is 0 Å². The maximum Gasteiger partial charge on any atom is 0.304 e. The van der Waals surface area contributed by atoms with Crippen LogP contribution in [0.25, 0.3) is 0 Å². The van der Waals surface area contributed by atoms with Crippen LogP contribution in [0.4, 0.5) is 0 Å². The molecular formula is C9H6Cl6O3S. The number of fused-ring (bicyclic) bond motifs is 5. The summed E-state index contributed by atoms with van der Waals surface area (Å²) in [5, 5.41) is 0.210. The van der Waals surface area contributed by atoms with Gasteiger partial charge >= 0.3 is 11.4 Å². The number of hydrogen-bond donors (Lipinski definition) is 0. The monoisotopic (exact) mass is 404 g/mol. The number of allylic oxidation sites excluding steroid dienone is 2. The average Bonchev–Trinajstić information content (AvgIpc) is 2.54. The first kappa shape index (κ1) is 15.4. The van der Waals surface area contributed by atoms with Crippen molar-refractivity contribution < 1.29 is 12.6 Å². The molecule has 0 aromatic carbocycles. The molecule has 2 aliphatic carbocycles. The Bertz CT molecular complexity index is 470. The molecule has 0 aromatic rings. The molecule has 3 rings (SSSR count). The number of alkyl halides is 4. The zero-order chi connectivity index (χ0) is 14.2. The minimum absolute atomic E-state index is 0.0107. The van der Waals surface area contributed by atoms with Gasteiger partial charge in [0.2, 0.25) is 0 Å². The lowest BCUT2D eigenvalue weighted by Crippen LogP contribution is -2.45. The quantitative estimate of drug-likeness (QED) is 0.575. The van der Waals surface area contributed by atoms with Crippen molar-refractivity contribution in [2.75, 3.05) is 13.2 Å². The van der Waals surface area contributed by atoms with Crippen LogP contribution in [0.15, 0.2) is 10.1 Å². The summed E-state index contributed by atoms with van der Waals surface area (Å²) >= 11 is 36.4. The summed E-state index contributed by atoms with van der Waals surface area (Å²) in [7, 11) is 0. The van der Waals surface area contributed by atoms with Gasteiger partial charge in [-0.25, -0.2) is 0 Å². The zero-order valence-corrected chi connectivity index (χ0v) is 14.3. The predicted molar refractivity (Wildman–Crippen MR) is 77.4 cm³/mol. The van der Waals surface area contributed by atoms with Gasteiger partial charge in [-0.2, -0.15) is 4.21 Å². The van der Waals surface area contributed by atoms with Crippen LogP contribution in [-0.4, -0.2) is 31.5 Å². The van der Waals surface area contributed by atoms with Gasteiger partial charge in [0.1, 0.15) is 9.75 Å². The summed E-state index contributed by atoms with van der Waals surface area (Å²) < 4.78 is 19.7. The molecule has 0 N–H and O–H groups in total. The highest BCUT2D eigenvalue weighted by Gasteiger charge is 2.82. The summed E-state index contributed by atoms with van der Waals surface area (Å²) in [5.41, 5.74) is 0. The van der Waals surface area contributed by atoms with Crippen molar-refractivity contribution in [3.63, 3.8) is 0 Å². The molecular weight excluding hydrogens is 401 g/mol. The fourth-order valence-corrected chi connectivity index (χ4v) is 6.60. The molecule has 3 nitrogen and oxygen atoms in total. The summed E-state index contributed by atoms with van der Waals surface area (Å²) in [6, 6.07) is 0. The lowest BCUT2D eigenvalue weighted by Gasteiger charge is -2.33. The SMILES string of the molecule is O=S1OC[C@@H]2[C@H](CO1)[C@@]1(Cl)C(Cl)=C(Cl)[C@@]2(Cl)C1(Cl)Cl. The Balaban J connectivity index is 2.19. The molecule has 19 heavy (non-hydrogen) atoms. The molecule has 2 bridgehead atoms. The minimum Gasteiger partial charge on any atom is -0.268 e. The van der Waals surface area contributed by atoms with Gasteiger partial charge < -0.3 is 0 Å². The second-order valence-electron chi connectivity index (χ2n) is 4.61. The first-order valence-corrected chi connectivity index (χ1v) is 8.46. The maximum atomic E-state index is 11.3. The molecule has 108 valence electrons. The van der Waals surface area contributed by atoms with Crippen LogP contribution >= 0.6 is 69.6 Å². The van der Waals surface area contributed by atoms with Crippen LogP contribution in [-0.2, 0) is 19.7 Å². The molecule has 0 radical (unpaired) electrons. The Morgan fingerprint density at radius 3 is 1.68 bits per heavy atom. The molecule has 1 saturated carbocycles. The van der Waals surface area contributed by atoms with Crippen LogP contribution in [0.1, 0.15) is 0 Å². The highest BCUT2D eigenvalue weighted by Crippen LogP contribution is 2.76. The van der Waals surface area contributed by atoms with E-state index >= 15 is 0 Å². The molecule has 0 amide bonds. The minimum atomic E-state index is -1.86. The van der Waals surface area contributed by atoms with E-state index in [1.807, 2.05) is 0 Å². The third kappa shape index (κ3) is 1.59. The standard InChI is InChI=1S/C9H6Cl6O3S/c10-5-6(11)8(13)4-2-18-19(16)17-1-3(4)7(5,12)9(8,14)15/h3-4H,1-2H2/t3-,4+,7-,8-,19?/m1/s1. The van der Waals surface area contributed by atoms with Gasteiger partial charge in [-0.1, -0.05) is 46.4 Å². The van der Waals surface area contributed by atoms with Gasteiger partial charge in [0.15, 0.2) is 4.33 Å². The van der Waals surface area contributed by atoms with Crippen molar-refractivity contribution in [3.05, 3.63) is 10.1 Å². The van der Waals surface area contributed by atoms with E-state index in [2.05, 4.69) is 0 Å². The van der Waals surface area contributed by atoms with Crippen molar-refractivity contribution >= 4 is 81.0 Å². The smallest absolute Gasteiger partial charge is 0.268 e. The molecule has 2 fully saturated rings. The van der Waals surface area contributed by atoms with Gasteiger partial charge in [0, 0.05) is 11.8 Å². The molecule has 0 aromatic heterocycles. The lowest BCUT2D eigenvalue weighted by atomic mass is 9.83. The van der Waals surface area contributed by atoms with Crippen LogP contribution in [0.2, 0.25) is 0 Å². The van der Waals surface area contributed by atoms with E-state index in [1.54, 1.807) is 0 Å². The fraction of sp³-hybridized carbons (Fsp3) is 0.778. The largest absolute Gasteiger partial charge is 0.304 e. The van der Waals surface area contributed by atoms with Crippen molar-refractivity contribution in [2.45, 2.75) is 14.1 Å².